The second-order valence-corrected chi connectivity index (χ2v) is 11.0. The summed E-state index contributed by atoms with van der Waals surface area (Å²) in [6.07, 6.45) is 0.682. The number of phenolic OH excluding ortho intramolecular Hbond substituents is 1. The Bertz CT molecular complexity index is 1360. The molecule has 6 N–H and O–H groups in total. The van der Waals surface area contributed by atoms with Crippen LogP contribution in [0.2, 0.25) is 0 Å². The summed E-state index contributed by atoms with van der Waals surface area (Å²) in [6, 6.07) is 1.93. The third kappa shape index (κ3) is 4.45. The molecular weight excluding hydrogens is 520 g/mol. The number of oxime groups is 1. The maximum Gasteiger partial charge on any atom is 0.255 e. The molecule has 0 radical (unpaired) electrons. The number of nitrogens with two attached hydrogens (primary N) is 1. The predicted octanol–water partition coefficient (Wildman–Crippen LogP) is 0.656. The average molecular weight is 557 g/mol. The van der Waals surface area contributed by atoms with Gasteiger partial charge in [0.05, 0.1) is 17.3 Å². The van der Waals surface area contributed by atoms with Crippen LogP contribution in [0.25, 0.3) is 5.76 Å². The van der Waals surface area contributed by atoms with Gasteiger partial charge in [0.25, 0.3) is 5.91 Å². The first-order valence-corrected chi connectivity index (χ1v) is 13.1. The van der Waals surface area contributed by atoms with E-state index in [1.54, 1.807) is 27.1 Å². The van der Waals surface area contributed by atoms with Crippen molar-refractivity contribution in [3.63, 3.8) is 0 Å². The van der Waals surface area contributed by atoms with E-state index in [1.807, 2.05) is 19.0 Å². The fourth-order valence-electron chi connectivity index (χ4n) is 6.22. The van der Waals surface area contributed by atoms with Gasteiger partial charge in [-0.15, -0.1) is 0 Å². The molecule has 12 nitrogen and oxygen atoms in total. The standard InChI is InChI=1S/C28H36N4O8/c1-6-40-30-17(9-10-31(2)3)14-7-8-18(33)20-15(14)11-13-12-16-22(32(4)5)24(35)21(27(29)38)26(37)28(16,39)25(36)19(13)23(20)34/h7-8,13,16,22,33-34,37,39H,6,9-12H2,1-5H3,(H2,29,38)/t13-,16-,22+,28-/m0/s1. The molecule has 0 heterocycles. The van der Waals surface area contributed by atoms with Crippen molar-refractivity contribution < 1.29 is 39.6 Å². The largest absolute Gasteiger partial charge is 0.508 e. The Morgan fingerprint density at radius 3 is 2.42 bits per heavy atom. The van der Waals surface area contributed by atoms with Gasteiger partial charge in [-0.2, -0.15) is 0 Å². The van der Waals surface area contributed by atoms with E-state index in [0.717, 1.165) is 0 Å². The van der Waals surface area contributed by atoms with Crippen LogP contribution >= 0.6 is 0 Å². The first-order valence-electron chi connectivity index (χ1n) is 13.1. The summed E-state index contributed by atoms with van der Waals surface area (Å²) in [5.41, 5.74) is 3.43. The molecule has 0 spiro atoms. The Kier molecular flexibility index (Phi) is 7.81. The fourth-order valence-corrected chi connectivity index (χ4v) is 6.22. The van der Waals surface area contributed by atoms with Crippen LogP contribution in [-0.2, 0) is 25.6 Å². The highest BCUT2D eigenvalue weighted by Gasteiger charge is 2.64. The van der Waals surface area contributed by atoms with E-state index in [0.29, 0.717) is 36.4 Å². The monoisotopic (exact) mass is 556 g/mol. The average Bonchev–Trinajstić information content (AvgIpc) is 2.86. The van der Waals surface area contributed by atoms with Crippen LogP contribution in [0.3, 0.4) is 0 Å². The van der Waals surface area contributed by atoms with E-state index in [9.17, 15) is 34.8 Å². The van der Waals surface area contributed by atoms with E-state index in [2.05, 4.69) is 5.16 Å². The SMILES string of the molecule is CCON=C(CCN(C)C)c1ccc(O)c2c1C[C@H]1C[C@H]3[C@@H](N(C)C)C(=O)C(C(N)=O)=C(O)[C@@]3(O)C(=O)C1=C2O. The highest BCUT2D eigenvalue weighted by Crippen LogP contribution is 2.53. The van der Waals surface area contributed by atoms with Crippen LogP contribution < -0.4 is 5.73 Å². The van der Waals surface area contributed by atoms with Gasteiger partial charge >= 0.3 is 0 Å². The molecular formula is C28H36N4O8. The smallest absolute Gasteiger partial charge is 0.255 e. The molecule has 1 amide bonds. The summed E-state index contributed by atoms with van der Waals surface area (Å²) >= 11 is 0. The molecule has 1 aromatic rings. The Hall–Kier alpha value is -3.74. The molecule has 0 unspecified atom stereocenters. The maximum atomic E-state index is 14.0. The van der Waals surface area contributed by atoms with E-state index in [4.69, 9.17) is 10.6 Å². The van der Waals surface area contributed by atoms with Crippen molar-refractivity contribution in [1.29, 1.82) is 0 Å². The van der Waals surface area contributed by atoms with Gasteiger partial charge in [0.1, 0.15) is 29.4 Å². The number of carbonyl (C=O) groups is 3. The maximum absolute atomic E-state index is 14.0. The number of hydrogen-bond donors (Lipinski definition) is 5. The highest BCUT2D eigenvalue weighted by atomic mass is 16.6. The Morgan fingerprint density at radius 1 is 1.18 bits per heavy atom. The fraction of sp³-hybridized carbons (Fsp3) is 0.500. The van der Waals surface area contributed by atoms with E-state index in [1.165, 1.54) is 11.0 Å². The van der Waals surface area contributed by atoms with Crippen LogP contribution in [0.15, 0.2) is 34.2 Å². The molecule has 40 heavy (non-hydrogen) atoms. The lowest BCUT2D eigenvalue weighted by molar-refractivity contribution is -0.153. The number of aliphatic hydroxyl groups is 3. The summed E-state index contributed by atoms with van der Waals surface area (Å²) in [4.78, 5) is 48.1. The second kappa shape index (κ2) is 10.7. The predicted molar refractivity (Wildman–Crippen MR) is 146 cm³/mol. The van der Waals surface area contributed by atoms with Crippen molar-refractivity contribution in [2.24, 2.45) is 22.7 Å². The number of hydrogen-bond acceptors (Lipinski definition) is 11. The van der Waals surface area contributed by atoms with Crippen LogP contribution in [0.1, 0.15) is 36.5 Å². The number of carbonyl (C=O) groups excluding carboxylic acids is 3. The molecule has 4 rings (SSSR count). The molecule has 0 bridgehead atoms. The van der Waals surface area contributed by atoms with Gasteiger partial charge in [-0.1, -0.05) is 5.16 Å². The Morgan fingerprint density at radius 2 is 1.85 bits per heavy atom. The van der Waals surface area contributed by atoms with Crippen molar-refractivity contribution in [3.05, 3.63) is 45.7 Å². The number of aromatic hydroxyl groups is 1. The van der Waals surface area contributed by atoms with Crippen molar-refractivity contribution >= 4 is 28.9 Å². The highest BCUT2D eigenvalue weighted by molar-refractivity contribution is 6.24. The number of ketones is 2. The van der Waals surface area contributed by atoms with E-state index >= 15 is 0 Å². The van der Waals surface area contributed by atoms with Crippen molar-refractivity contribution in [2.45, 2.75) is 37.8 Å². The summed E-state index contributed by atoms with van der Waals surface area (Å²) < 4.78 is 0. The number of phenols is 1. The molecule has 3 aliphatic rings. The lowest BCUT2D eigenvalue weighted by atomic mass is 9.57. The number of likely N-dealkylation sites (N-methyl/N-ethyl adjacent to an activating group) is 1. The van der Waals surface area contributed by atoms with Crippen molar-refractivity contribution in [2.75, 3.05) is 41.3 Å². The summed E-state index contributed by atoms with van der Waals surface area (Å²) in [5, 5.41) is 49.2. The van der Waals surface area contributed by atoms with Crippen LogP contribution in [0.4, 0.5) is 0 Å². The van der Waals surface area contributed by atoms with E-state index < -0.39 is 58.0 Å². The van der Waals surface area contributed by atoms with Crippen molar-refractivity contribution in [3.8, 4) is 5.75 Å². The lowest BCUT2D eigenvalue weighted by Crippen LogP contribution is -2.65. The van der Waals surface area contributed by atoms with Gasteiger partial charge in [-0.05, 0) is 71.6 Å². The molecule has 0 saturated heterocycles. The third-order valence-electron chi connectivity index (χ3n) is 8.01. The molecule has 1 fully saturated rings. The first-order chi connectivity index (χ1) is 18.8. The zero-order valence-corrected chi connectivity index (χ0v) is 23.3. The number of benzene rings is 1. The molecule has 12 heteroatoms. The lowest BCUT2D eigenvalue weighted by Gasteiger charge is -2.50. The van der Waals surface area contributed by atoms with Crippen LogP contribution in [0, 0.1) is 11.8 Å². The number of aliphatic hydroxyl groups excluding tert-OH is 2. The van der Waals surface area contributed by atoms with Gasteiger partial charge in [-0.25, -0.2) is 0 Å². The first kappa shape index (κ1) is 29.2. The second-order valence-electron chi connectivity index (χ2n) is 11.0. The molecule has 4 atom stereocenters. The quantitative estimate of drug-likeness (QED) is 0.173. The zero-order valence-electron chi connectivity index (χ0n) is 23.3. The molecule has 1 saturated carbocycles. The normalized spacial score (nSPS) is 26.7. The van der Waals surface area contributed by atoms with E-state index in [-0.39, 0.29) is 29.7 Å². The molecule has 0 aliphatic heterocycles. The minimum Gasteiger partial charge on any atom is -0.508 e. The van der Waals surface area contributed by atoms with Gasteiger partial charge in [0.2, 0.25) is 5.78 Å². The number of primary amides is 1. The van der Waals surface area contributed by atoms with Crippen LogP contribution in [-0.4, -0.2) is 106 Å². The van der Waals surface area contributed by atoms with Crippen LogP contribution in [0.5, 0.6) is 5.75 Å². The number of fused-ring (bicyclic) bond motifs is 3. The topological polar surface area (TPSA) is 186 Å². The molecule has 3 aliphatic carbocycles. The van der Waals surface area contributed by atoms with Gasteiger partial charge in [0.15, 0.2) is 11.4 Å². The summed E-state index contributed by atoms with van der Waals surface area (Å²) in [7, 11) is 6.95. The Balaban J connectivity index is 1.93. The summed E-state index contributed by atoms with van der Waals surface area (Å²) in [6.45, 7) is 2.78. The van der Waals surface area contributed by atoms with Gasteiger partial charge < -0.3 is 35.9 Å². The number of nitrogens with zero attached hydrogens (tertiary/aromatic N) is 3. The number of amides is 1. The number of rotatable bonds is 8. The third-order valence-corrected chi connectivity index (χ3v) is 8.01. The Labute approximate surface area is 232 Å². The van der Waals surface area contributed by atoms with Crippen molar-refractivity contribution in [1.82, 2.24) is 9.80 Å². The van der Waals surface area contributed by atoms with Gasteiger partial charge in [-0.3, -0.25) is 19.3 Å². The minimum atomic E-state index is -2.68. The number of Topliss-reactive ketones (excluding diaryl/α,β-unsaturated/α-hetero) is 2. The zero-order chi connectivity index (χ0) is 29.7. The minimum absolute atomic E-state index is 0.0104. The molecule has 1 aromatic carbocycles. The molecule has 0 aromatic heterocycles. The molecule has 216 valence electrons. The van der Waals surface area contributed by atoms with Gasteiger partial charge in [0, 0.05) is 30.0 Å². The summed E-state index contributed by atoms with van der Waals surface area (Å²) in [5.74, 6) is -6.87.